The Bertz CT molecular complexity index is 737. The molecule has 7 nitrogen and oxygen atoms in total. The zero-order valence-corrected chi connectivity index (χ0v) is 17.2. The average molecular weight is 387 g/mol. The van der Waals surface area contributed by atoms with Crippen molar-refractivity contribution in [2.45, 2.75) is 58.5 Å². The van der Waals surface area contributed by atoms with Crippen LogP contribution in [0.3, 0.4) is 0 Å². The molecule has 0 amide bonds. The number of pyridine rings is 1. The van der Waals surface area contributed by atoms with Gasteiger partial charge in [-0.3, -0.25) is 9.39 Å². The van der Waals surface area contributed by atoms with Gasteiger partial charge in [0.15, 0.2) is 11.6 Å². The van der Waals surface area contributed by atoms with E-state index >= 15 is 0 Å². The van der Waals surface area contributed by atoms with Crippen molar-refractivity contribution in [2.24, 2.45) is 10.9 Å². The molecule has 1 unspecified atom stereocenters. The van der Waals surface area contributed by atoms with E-state index < -0.39 is 0 Å². The predicted octanol–water partition coefficient (Wildman–Crippen LogP) is 2.81. The number of guanidine groups is 1. The molecule has 3 rings (SSSR count). The van der Waals surface area contributed by atoms with Crippen LogP contribution in [-0.4, -0.2) is 52.9 Å². The maximum atomic E-state index is 6.01. The van der Waals surface area contributed by atoms with Crippen molar-refractivity contribution in [3.8, 4) is 0 Å². The first kappa shape index (κ1) is 20.6. The minimum absolute atomic E-state index is 0.349. The van der Waals surface area contributed by atoms with Crippen molar-refractivity contribution < 1.29 is 4.74 Å². The minimum Gasteiger partial charge on any atom is -0.378 e. The van der Waals surface area contributed by atoms with Gasteiger partial charge in [-0.2, -0.15) is 0 Å². The van der Waals surface area contributed by atoms with E-state index in [2.05, 4.69) is 34.7 Å². The lowest BCUT2D eigenvalue weighted by molar-refractivity contribution is 0.0177. The van der Waals surface area contributed by atoms with Gasteiger partial charge in [-0.15, -0.1) is 10.2 Å². The molecule has 1 saturated carbocycles. The largest absolute Gasteiger partial charge is 0.378 e. The average Bonchev–Trinajstić information content (AvgIpc) is 3.38. The predicted molar refractivity (Wildman–Crippen MR) is 113 cm³/mol. The number of hydrogen-bond donors (Lipinski definition) is 2. The van der Waals surface area contributed by atoms with Gasteiger partial charge in [0, 0.05) is 38.9 Å². The Kier molecular flexibility index (Phi) is 8.08. The van der Waals surface area contributed by atoms with Gasteiger partial charge in [-0.25, -0.2) is 0 Å². The van der Waals surface area contributed by atoms with E-state index in [0.29, 0.717) is 12.0 Å². The summed E-state index contributed by atoms with van der Waals surface area (Å²) in [6.45, 7) is 7.35. The highest BCUT2D eigenvalue weighted by atomic mass is 16.5. The molecule has 2 heterocycles. The summed E-state index contributed by atoms with van der Waals surface area (Å²) in [4.78, 5) is 4.76. The molecule has 28 heavy (non-hydrogen) atoms. The summed E-state index contributed by atoms with van der Waals surface area (Å²) in [6.07, 6.45) is 9.43. The molecule has 2 N–H and O–H groups in total. The smallest absolute Gasteiger partial charge is 0.191 e. The van der Waals surface area contributed by atoms with E-state index in [1.165, 1.54) is 25.7 Å². The zero-order chi connectivity index (χ0) is 19.6. The lowest BCUT2D eigenvalue weighted by Crippen LogP contribution is -2.38. The third-order valence-electron chi connectivity index (χ3n) is 5.36. The van der Waals surface area contributed by atoms with Gasteiger partial charge in [0.1, 0.15) is 5.82 Å². The van der Waals surface area contributed by atoms with Crippen LogP contribution in [0.25, 0.3) is 5.65 Å². The van der Waals surface area contributed by atoms with Gasteiger partial charge in [0.25, 0.3) is 0 Å². The normalized spacial score (nSPS) is 16.6. The Morgan fingerprint density at radius 3 is 2.89 bits per heavy atom. The second-order valence-electron chi connectivity index (χ2n) is 7.31. The van der Waals surface area contributed by atoms with Gasteiger partial charge in [0.2, 0.25) is 0 Å². The number of ether oxygens (including phenoxy) is 1. The van der Waals surface area contributed by atoms with Crippen molar-refractivity contribution in [3.63, 3.8) is 0 Å². The van der Waals surface area contributed by atoms with E-state index in [1.54, 1.807) is 0 Å². The summed E-state index contributed by atoms with van der Waals surface area (Å²) in [7, 11) is 0. The number of aliphatic imine (C=N–C) groups is 1. The van der Waals surface area contributed by atoms with Gasteiger partial charge in [-0.1, -0.05) is 18.9 Å². The Balaban J connectivity index is 1.49. The lowest BCUT2D eigenvalue weighted by atomic mass is 9.98. The molecule has 0 aliphatic heterocycles. The molecule has 154 valence electrons. The molecular formula is C21H34N6O. The summed E-state index contributed by atoms with van der Waals surface area (Å²) >= 11 is 0. The van der Waals surface area contributed by atoms with Crippen LogP contribution in [0, 0.1) is 5.92 Å². The van der Waals surface area contributed by atoms with Crippen molar-refractivity contribution in [1.29, 1.82) is 0 Å². The highest BCUT2D eigenvalue weighted by Crippen LogP contribution is 2.30. The number of aromatic nitrogens is 3. The number of rotatable bonds is 10. The molecule has 7 heteroatoms. The maximum Gasteiger partial charge on any atom is 0.191 e. The minimum atomic E-state index is 0.349. The molecule has 1 fully saturated rings. The summed E-state index contributed by atoms with van der Waals surface area (Å²) in [5, 5.41) is 15.2. The topological polar surface area (TPSA) is 75.8 Å². The van der Waals surface area contributed by atoms with Crippen molar-refractivity contribution in [2.75, 3.05) is 26.2 Å². The molecule has 0 saturated heterocycles. The van der Waals surface area contributed by atoms with Gasteiger partial charge in [-0.05, 0) is 51.2 Å². The third-order valence-corrected chi connectivity index (χ3v) is 5.36. The first-order valence-corrected chi connectivity index (χ1v) is 10.7. The first-order valence-electron chi connectivity index (χ1n) is 10.7. The fraction of sp³-hybridized carbons (Fsp3) is 0.667. The molecule has 0 radical (unpaired) electrons. The Morgan fingerprint density at radius 1 is 1.25 bits per heavy atom. The van der Waals surface area contributed by atoms with Gasteiger partial charge >= 0.3 is 0 Å². The number of nitrogens with zero attached hydrogens (tertiary/aromatic N) is 4. The molecule has 1 aliphatic rings. The summed E-state index contributed by atoms with van der Waals surface area (Å²) in [6, 6.07) is 5.94. The Labute approximate surface area is 168 Å². The second-order valence-corrected chi connectivity index (χ2v) is 7.31. The molecule has 1 aliphatic carbocycles. The van der Waals surface area contributed by atoms with Crippen LogP contribution in [0.1, 0.15) is 51.8 Å². The van der Waals surface area contributed by atoms with Crippen LogP contribution < -0.4 is 10.6 Å². The second kappa shape index (κ2) is 11.0. The summed E-state index contributed by atoms with van der Waals surface area (Å²) in [5.74, 6) is 2.53. The fourth-order valence-corrected chi connectivity index (χ4v) is 4.00. The highest BCUT2D eigenvalue weighted by molar-refractivity contribution is 5.79. The monoisotopic (exact) mass is 386 g/mol. The van der Waals surface area contributed by atoms with E-state index in [4.69, 9.17) is 9.73 Å². The van der Waals surface area contributed by atoms with Crippen molar-refractivity contribution in [1.82, 2.24) is 25.2 Å². The molecule has 2 aromatic rings. The first-order chi connectivity index (χ1) is 13.8. The number of fused-ring (bicyclic) bond motifs is 1. The van der Waals surface area contributed by atoms with E-state index in [-0.39, 0.29) is 0 Å². The van der Waals surface area contributed by atoms with Crippen LogP contribution in [0.15, 0.2) is 29.4 Å². The summed E-state index contributed by atoms with van der Waals surface area (Å²) < 4.78 is 8.04. The van der Waals surface area contributed by atoms with Crippen LogP contribution in [0.5, 0.6) is 0 Å². The summed E-state index contributed by atoms with van der Waals surface area (Å²) in [5.41, 5.74) is 0.881. The van der Waals surface area contributed by atoms with Crippen LogP contribution in [0.2, 0.25) is 0 Å². The molecular weight excluding hydrogens is 352 g/mol. The Morgan fingerprint density at radius 2 is 2.11 bits per heavy atom. The zero-order valence-electron chi connectivity index (χ0n) is 17.2. The fourth-order valence-electron chi connectivity index (χ4n) is 4.00. The lowest BCUT2D eigenvalue weighted by Gasteiger charge is -2.22. The molecule has 0 bridgehead atoms. The number of nitrogens with one attached hydrogen (secondary N) is 2. The van der Waals surface area contributed by atoms with Gasteiger partial charge in [0.05, 0.1) is 6.10 Å². The van der Waals surface area contributed by atoms with Gasteiger partial charge < -0.3 is 15.4 Å². The molecule has 2 aromatic heterocycles. The van der Waals surface area contributed by atoms with Crippen LogP contribution in [0.4, 0.5) is 0 Å². The maximum absolute atomic E-state index is 6.01. The Hall–Kier alpha value is -2.15. The quantitative estimate of drug-likeness (QED) is 0.485. The van der Waals surface area contributed by atoms with Crippen molar-refractivity contribution >= 4 is 11.6 Å². The highest BCUT2D eigenvalue weighted by Gasteiger charge is 2.24. The van der Waals surface area contributed by atoms with Crippen LogP contribution in [-0.2, 0) is 11.2 Å². The molecule has 0 aromatic carbocycles. The van der Waals surface area contributed by atoms with Crippen LogP contribution >= 0.6 is 0 Å². The number of hydrogen-bond acceptors (Lipinski definition) is 4. The third kappa shape index (κ3) is 5.67. The van der Waals surface area contributed by atoms with E-state index in [9.17, 15) is 0 Å². The standard InChI is InChI=1S/C21H34N6O/c1-3-22-21(23-14-12-18(28-4-2)17-9-5-6-10-17)24-15-13-20-26-25-19-11-7-8-16-27(19)20/h7-8,11,16-18H,3-6,9-10,12-15H2,1-2H3,(H2,22,23,24). The molecule has 0 spiro atoms. The SMILES string of the molecule is CCNC(=NCCC(OCC)C1CCCC1)NCCc1nnc2ccccn12. The van der Waals surface area contributed by atoms with E-state index in [0.717, 1.165) is 56.5 Å². The van der Waals surface area contributed by atoms with Crippen molar-refractivity contribution in [3.05, 3.63) is 30.2 Å². The van der Waals surface area contributed by atoms with E-state index in [1.807, 2.05) is 28.8 Å². The molecule has 1 atom stereocenters.